The highest BCUT2D eigenvalue weighted by molar-refractivity contribution is 5.77. The van der Waals surface area contributed by atoms with Crippen LogP contribution >= 0.6 is 0 Å². The van der Waals surface area contributed by atoms with Gasteiger partial charge >= 0.3 is 0 Å². The van der Waals surface area contributed by atoms with Crippen LogP contribution in [0.3, 0.4) is 0 Å². The van der Waals surface area contributed by atoms with Crippen LogP contribution in [0, 0.1) is 24.4 Å². The summed E-state index contributed by atoms with van der Waals surface area (Å²) in [6.45, 7) is 5.45. The quantitative estimate of drug-likeness (QED) is 0.864. The van der Waals surface area contributed by atoms with E-state index in [4.69, 9.17) is 0 Å². The van der Waals surface area contributed by atoms with E-state index in [9.17, 15) is 13.2 Å². The van der Waals surface area contributed by atoms with Gasteiger partial charge < -0.3 is 10.6 Å². The molecule has 0 fully saturated rings. The van der Waals surface area contributed by atoms with Crippen molar-refractivity contribution in [2.75, 3.05) is 17.7 Å². The van der Waals surface area contributed by atoms with Gasteiger partial charge in [0.2, 0.25) is 0 Å². The predicted octanol–water partition coefficient (Wildman–Crippen LogP) is 4.54. The van der Waals surface area contributed by atoms with Gasteiger partial charge in [0, 0.05) is 18.3 Å². The first-order chi connectivity index (χ1) is 9.93. The topological polar surface area (TPSA) is 24.1 Å². The van der Waals surface area contributed by atoms with Crippen LogP contribution in [0.4, 0.5) is 24.5 Å². The fourth-order valence-corrected chi connectivity index (χ4v) is 1.95. The molecule has 0 heterocycles. The standard InChI is InChI=1S/C16H15F3N2/c1-9-4-5-12(17)11(8-9)10(2)21-16-13(18)6-7-14(20-3)15(16)19/h4-8,20-21H,2H2,1,3H3. The number of anilines is 2. The van der Waals surface area contributed by atoms with E-state index < -0.39 is 17.5 Å². The third-order valence-corrected chi connectivity index (χ3v) is 3.08. The summed E-state index contributed by atoms with van der Waals surface area (Å²) in [5.41, 5.74) is 0.842. The third kappa shape index (κ3) is 3.02. The minimum absolute atomic E-state index is 0.0854. The Hall–Kier alpha value is -2.43. The molecule has 0 atom stereocenters. The lowest BCUT2D eigenvalue weighted by atomic mass is 10.1. The average Bonchev–Trinajstić information content (AvgIpc) is 2.46. The molecule has 2 aromatic rings. The van der Waals surface area contributed by atoms with Crippen LogP contribution in [-0.4, -0.2) is 7.05 Å². The van der Waals surface area contributed by atoms with Crippen LogP contribution < -0.4 is 10.6 Å². The highest BCUT2D eigenvalue weighted by Crippen LogP contribution is 2.29. The first-order valence-electron chi connectivity index (χ1n) is 6.32. The first-order valence-corrected chi connectivity index (χ1v) is 6.32. The van der Waals surface area contributed by atoms with Gasteiger partial charge in [-0.2, -0.15) is 0 Å². The van der Waals surface area contributed by atoms with Crippen molar-refractivity contribution in [2.24, 2.45) is 0 Å². The van der Waals surface area contributed by atoms with Crippen molar-refractivity contribution in [3.05, 3.63) is 65.5 Å². The van der Waals surface area contributed by atoms with Gasteiger partial charge in [-0.25, -0.2) is 13.2 Å². The summed E-state index contributed by atoms with van der Waals surface area (Å²) >= 11 is 0. The van der Waals surface area contributed by atoms with Gasteiger partial charge in [0.05, 0.1) is 5.69 Å². The molecule has 0 spiro atoms. The van der Waals surface area contributed by atoms with Crippen molar-refractivity contribution in [1.29, 1.82) is 0 Å². The van der Waals surface area contributed by atoms with Crippen molar-refractivity contribution in [1.82, 2.24) is 0 Å². The largest absolute Gasteiger partial charge is 0.386 e. The molecule has 0 amide bonds. The molecule has 21 heavy (non-hydrogen) atoms. The first kappa shape index (κ1) is 15.0. The maximum atomic E-state index is 14.1. The monoisotopic (exact) mass is 292 g/mol. The lowest BCUT2D eigenvalue weighted by Crippen LogP contribution is -2.06. The van der Waals surface area contributed by atoms with Crippen LogP contribution in [0.15, 0.2) is 36.9 Å². The maximum absolute atomic E-state index is 14.1. The predicted molar refractivity (Wildman–Crippen MR) is 79.7 cm³/mol. The third-order valence-electron chi connectivity index (χ3n) is 3.08. The molecule has 0 saturated heterocycles. The van der Waals surface area contributed by atoms with Crippen LogP contribution in [0.2, 0.25) is 0 Å². The number of halogens is 3. The van der Waals surface area contributed by atoms with Crippen LogP contribution in [0.1, 0.15) is 11.1 Å². The lowest BCUT2D eigenvalue weighted by Gasteiger charge is -2.14. The molecule has 2 nitrogen and oxygen atoms in total. The minimum Gasteiger partial charge on any atom is -0.386 e. The summed E-state index contributed by atoms with van der Waals surface area (Å²) in [7, 11) is 1.52. The van der Waals surface area contributed by atoms with Crippen LogP contribution in [-0.2, 0) is 0 Å². The Kier molecular flexibility index (Phi) is 4.21. The van der Waals surface area contributed by atoms with Crippen LogP contribution in [0.5, 0.6) is 0 Å². The van der Waals surface area contributed by atoms with Gasteiger partial charge in [0.25, 0.3) is 0 Å². The molecule has 2 aromatic carbocycles. The van der Waals surface area contributed by atoms with Crippen molar-refractivity contribution < 1.29 is 13.2 Å². The number of rotatable bonds is 4. The molecule has 2 rings (SSSR count). The summed E-state index contributed by atoms with van der Waals surface area (Å²) in [5.74, 6) is -2.07. The second-order valence-electron chi connectivity index (χ2n) is 4.62. The van der Waals surface area contributed by atoms with Crippen molar-refractivity contribution in [2.45, 2.75) is 6.92 Å². The number of nitrogens with one attached hydrogen (secondary N) is 2. The Morgan fingerprint density at radius 1 is 1.05 bits per heavy atom. The minimum atomic E-state index is -0.785. The van der Waals surface area contributed by atoms with E-state index in [2.05, 4.69) is 17.2 Å². The number of hydrogen-bond donors (Lipinski definition) is 2. The van der Waals surface area contributed by atoms with Gasteiger partial charge in [-0.3, -0.25) is 0 Å². The Labute approximate surface area is 121 Å². The summed E-state index contributed by atoms with van der Waals surface area (Å²) in [6.07, 6.45) is 0. The van der Waals surface area contributed by atoms with E-state index in [1.807, 2.05) is 0 Å². The normalized spacial score (nSPS) is 10.3. The van der Waals surface area contributed by atoms with Gasteiger partial charge in [-0.15, -0.1) is 0 Å². The van der Waals surface area contributed by atoms with Gasteiger partial charge in [0.1, 0.15) is 17.3 Å². The second kappa shape index (κ2) is 5.91. The molecule has 110 valence electrons. The molecule has 2 N–H and O–H groups in total. The molecule has 0 bridgehead atoms. The van der Waals surface area contributed by atoms with E-state index >= 15 is 0 Å². The molecule has 0 aliphatic rings. The SMILES string of the molecule is C=C(Nc1c(F)ccc(NC)c1F)c1cc(C)ccc1F. The van der Waals surface area contributed by atoms with Crippen LogP contribution in [0.25, 0.3) is 5.70 Å². The zero-order valence-electron chi connectivity index (χ0n) is 11.7. The number of hydrogen-bond acceptors (Lipinski definition) is 2. The smallest absolute Gasteiger partial charge is 0.172 e. The molecule has 0 radical (unpaired) electrons. The second-order valence-corrected chi connectivity index (χ2v) is 4.62. The number of aryl methyl sites for hydroxylation is 1. The molecular formula is C16H15F3N2. The molecule has 0 unspecified atom stereocenters. The summed E-state index contributed by atoms with van der Waals surface area (Å²) in [6, 6.07) is 6.86. The lowest BCUT2D eigenvalue weighted by molar-refractivity contribution is 0.593. The summed E-state index contributed by atoms with van der Waals surface area (Å²) in [4.78, 5) is 0. The fourth-order valence-electron chi connectivity index (χ4n) is 1.95. The number of benzene rings is 2. The van der Waals surface area contributed by atoms with E-state index in [0.29, 0.717) is 0 Å². The Morgan fingerprint density at radius 2 is 1.71 bits per heavy atom. The molecule has 0 aliphatic heterocycles. The summed E-state index contributed by atoms with van der Waals surface area (Å²) < 4.78 is 41.6. The molecule has 0 saturated carbocycles. The molecule has 5 heteroatoms. The van der Waals surface area contributed by atoms with E-state index in [-0.39, 0.29) is 22.6 Å². The Bertz CT molecular complexity index is 696. The fraction of sp³-hybridized carbons (Fsp3) is 0.125. The molecule has 0 aromatic heterocycles. The van der Waals surface area contributed by atoms with E-state index in [1.54, 1.807) is 19.1 Å². The Balaban J connectivity index is 2.38. The van der Waals surface area contributed by atoms with Gasteiger partial charge in [0.15, 0.2) is 5.82 Å². The maximum Gasteiger partial charge on any atom is 0.172 e. The zero-order chi connectivity index (χ0) is 15.6. The zero-order valence-corrected chi connectivity index (χ0v) is 11.7. The molecular weight excluding hydrogens is 277 g/mol. The molecule has 0 aliphatic carbocycles. The Morgan fingerprint density at radius 3 is 2.38 bits per heavy atom. The highest BCUT2D eigenvalue weighted by Gasteiger charge is 2.15. The van der Waals surface area contributed by atoms with E-state index in [0.717, 1.165) is 11.6 Å². The van der Waals surface area contributed by atoms with E-state index in [1.165, 1.54) is 19.2 Å². The van der Waals surface area contributed by atoms with Gasteiger partial charge in [-0.05, 0) is 31.2 Å². The van der Waals surface area contributed by atoms with Crippen molar-refractivity contribution in [3.8, 4) is 0 Å². The van der Waals surface area contributed by atoms with Crippen molar-refractivity contribution in [3.63, 3.8) is 0 Å². The summed E-state index contributed by atoms with van der Waals surface area (Å²) in [5, 5.41) is 5.12. The van der Waals surface area contributed by atoms with Crippen molar-refractivity contribution >= 4 is 17.1 Å². The average molecular weight is 292 g/mol. The van der Waals surface area contributed by atoms with Gasteiger partial charge in [-0.1, -0.05) is 18.2 Å². The highest BCUT2D eigenvalue weighted by atomic mass is 19.1.